The Kier molecular flexibility index (Phi) is 4.45. The lowest BCUT2D eigenvalue weighted by Gasteiger charge is -2.35. The maximum atomic E-state index is 12.7. The van der Waals surface area contributed by atoms with Gasteiger partial charge in [0.25, 0.3) is 5.91 Å². The maximum Gasteiger partial charge on any atom is 0.255 e. The Morgan fingerprint density at radius 2 is 2.25 bits per heavy atom. The number of nitrogens with one attached hydrogen (secondary N) is 2. The topological polar surface area (TPSA) is 106 Å². The van der Waals surface area contributed by atoms with Gasteiger partial charge in [-0.15, -0.1) is 0 Å². The van der Waals surface area contributed by atoms with Crippen LogP contribution in [0, 0.1) is 29.6 Å². The van der Waals surface area contributed by atoms with Crippen molar-refractivity contribution < 1.29 is 13.9 Å². The zero-order valence-electron chi connectivity index (χ0n) is 15.2. The fourth-order valence-electron chi connectivity index (χ4n) is 3.28. The summed E-state index contributed by atoms with van der Waals surface area (Å²) in [4.78, 5) is 17.4. The predicted molar refractivity (Wildman–Crippen MR) is 104 cm³/mol. The molecule has 0 spiro atoms. The first-order valence-corrected chi connectivity index (χ1v) is 8.84. The minimum absolute atomic E-state index is 0.0897. The molecule has 4 rings (SSSR count). The number of H-pyrrole nitrogens is 1. The Labute approximate surface area is 161 Å². The van der Waals surface area contributed by atoms with Crippen LogP contribution >= 0.6 is 0 Å². The van der Waals surface area contributed by atoms with E-state index in [0.29, 0.717) is 41.4 Å². The number of allylic oxidation sites excluding steroid dienone is 1. The number of aromatic amines is 1. The van der Waals surface area contributed by atoms with E-state index in [0.717, 1.165) is 17.2 Å². The highest BCUT2D eigenvalue weighted by molar-refractivity contribution is 5.97. The van der Waals surface area contributed by atoms with Crippen molar-refractivity contribution in [2.45, 2.75) is 6.92 Å². The van der Waals surface area contributed by atoms with Gasteiger partial charge in [0.1, 0.15) is 0 Å². The van der Waals surface area contributed by atoms with E-state index >= 15 is 0 Å². The van der Waals surface area contributed by atoms with Crippen LogP contribution in [-0.2, 0) is 0 Å². The van der Waals surface area contributed by atoms with E-state index in [1.807, 2.05) is 25.1 Å². The van der Waals surface area contributed by atoms with E-state index in [-0.39, 0.29) is 11.8 Å². The molecule has 1 amide bonds. The van der Waals surface area contributed by atoms with Gasteiger partial charge in [-0.05, 0) is 24.6 Å². The molecule has 3 aromatic rings. The fourth-order valence-corrected chi connectivity index (χ4v) is 3.28. The summed E-state index contributed by atoms with van der Waals surface area (Å²) in [5.41, 5.74) is 2.49. The van der Waals surface area contributed by atoms with E-state index in [1.165, 1.54) is 6.08 Å². The molecule has 1 aromatic carbocycles. The fraction of sp³-hybridized carbons (Fsp3) is 0.190. The molecule has 3 heterocycles. The molecule has 0 atom stereocenters. The number of fused-ring (bicyclic) bond motifs is 1. The number of nitrogens with zero attached hydrogens (tertiary/aromatic N) is 2. The molecule has 140 valence electrons. The summed E-state index contributed by atoms with van der Waals surface area (Å²) < 4.78 is 11.5. The Bertz CT molecular complexity index is 1130. The number of furan rings is 1. The summed E-state index contributed by atoms with van der Waals surface area (Å²) in [6.45, 7) is 2.74. The third kappa shape index (κ3) is 2.95. The molecule has 1 fully saturated rings. The number of para-hydroxylation sites is 1. The second-order valence-corrected chi connectivity index (χ2v) is 6.63. The van der Waals surface area contributed by atoms with Gasteiger partial charge in [0.15, 0.2) is 17.1 Å². The summed E-state index contributed by atoms with van der Waals surface area (Å²) >= 11 is 0. The molecule has 7 nitrogen and oxygen atoms in total. The molecule has 28 heavy (non-hydrogen) atoms. The summed E-state index contributed by atoms with van der Waals surface area (Å²) in [7, 11) is 0. The second kappa shape index (κ2) is 7.08. The summed E-state index contributed by atoms with van der Waals surface area (Å²) in [5.74, 6) is 0.730. The Morgan fingerprint density at radius 1 is 1.43 bits per heavy atom. The zero-order valence-corrected chi connectivity index (χ0v) is 15.2. The van der Waals surface area contributed by atoms with Crippen molar-refractivity contribution in [2.24, 2.45) is 5.92 Å². The molecule has 0 aliphatic carbocycles. The van der Waals surface area contributed by atoms with Gasteiger partial charge in [-0.2, -0.15) is 5.26 Å². The number of carbonyl (C=O) groups excluding carboxylic acids is 1. The van der Waals surface area contributed by atoms with Crippen LogP contribution < -0.4 is 4.74 Å². The highest BCUT2D eigenvalue weighted by Crippen LogP contribution is 2.31. The molecule has 0 unspecified atom stereocenters. The van der Waals surface area contributed by atoms with Crippen molar-refractivity contribution in [1.82, 2.24) is 9.88 Å². The van der Waals surface area contributed by atoms with Crippen LogP contribution in [0.25, 0.3) is 16.7 Å². The second-order valence-electron chi connectivity index (χ2n) is 6.63. The van der Waals surface area contributed by atoms with Crippen LogP contribution in [-0.4, -0.2) is 35.1 Å². The third-order valence-corrected chi connectivity index (χ3v) is 4.87. The van der Waals surface area contributed by atoms with Gasteiger partial charge in [0.2, 0.25) is 0 Å². The molecule has 1 aliphatic heterocycles. The van der Waals surface area contributed by atoms with Crippen LogP contribution in [0.15, 0.2) is 47.2 Å². The van der Waals surface area contributed by atoms with E-state index in [1.54, 1.807) is 23.4 Å². The number of rotatable bonds is 5. The Morgan fingerprint density at radius 3 is 3.00 bits per heavy atom. The lowest BCUT2D eigenvalue weighted by molar-refractivity contribution is 0.0577. The number of hydrogen-bond acceptors (Lipinski definition) is 5. The number of hydrogen-bond donors (Lipinski definition) is 2. The highest BCUT2D eigenvalue weighted by Gasteiger charge is 2.32. The number of carbonyl (C=O) groups is 1. The van der Waals surface area contributed by atoms with E-state index < -0.39 is 0 Å². The lowest BCUT2D eigenvalue weighted by Crippen LogP contribution is -2.49. The van der Waals surface area contributed by atoms with Crippen molar-refractivity contribution >= 4 is 28.9 Å². The normalized spacial score (nSPS) is 14.6. The van der Waals surface area contributed by atoms with Crippen LogP contribution in [0.1, 0.15) is 21.6 Å². The van der Waals surface area contributed by atoms with Crippen LogP contribution in [0.2, 0.25) is 0 Å². The van der Waals surface area contributed by atoms with Gasteiger partial charge in [0, 0.05) is 37.0 Å². The minimum Gasteiger partial charge on any atom is -0.460 e. The number of nitriles is 1. The standard InChI is InChI=1S/C21H18N4O3/c1-13-16(21(26)25-11-14(9-23)12-25)10-24-19(13)17(5-7-22)28-18-4-2-3-15-6-8-27-20(15)18/h2-8,10,14,22,24H,11-12H2,1H3/b17-5+,22-7?. The van der Waals surface area contributed by atoms with Crippen molar-refractivity contribution in [1.29, 1.82) is 10.7 Å². The number of amides is 1. The van der Waals surface area contributed by atoms with Gasteiger partial charge in [0.05, 0.1) is 29.5 Å². The van der Waals surface area contributed by atoms with Gasteiger partial charge in [-0.3, -0.25) is 4.79 Å². The number of likely N-dealkylation sites (tertiary alicyclic amines) is 1. The lowest BCUT2D eigenvalue weighted by atomic mass is 10.00. The van der Waals surface area contributed by atoms with Gasteiger partial charge < -0.3 is 24.4 Å². The van der Waals surface area contributed by atoms with E-state index in [2.05, 4.69) is 11.1 Å². The number of aromatic nitrogens is 1. The van der Waals surface area contributed by atoms with Crippen LogP contribution in [0.3, 0.4) is 0 Å². The quantitative estimate of drug-likeness (QED) is 0.524. The summed E-state index contributed by atoms with van der Waals surface area (Å²) in [6, 6.07) is 9.59. The Balaban J connectivity index is 1.63. The van der Waals surface area contributed by atoms with Crippen LogP contribution in [0.5, 0.6) is 5.75 Å². The largest absolute Gasteiger partial charge is 0.460 e. The third-order valence-electron chi connectivity index (χ3n) is 4.87. The molecule has 2 aromatic heterocycles. The highest BCUT2D eigenvalue weighted by atomic mass is 16.5. The average Bonchev–Trinajstić information content (AvgIpc) is 3.27. The molecule has 0 radical (unpaired) electrons. The van der Waals surface area contributed by atoms with Gasteiger partial charge >= 0.3 is 0 Å². The van der Waals surface area contributed by atoms with Crippen molar-refractivity contribution in [3.8, 4) is 11.8 Å². The first-order chi connectivity index (χ1) is 13.6. The minimum atomic E-state index is -0.117. The van der Waals surface area contributed by atoms with Gasteiger partial charge in [-0.1, -0.05) is 12.1 Å². The number of benzene rings is 1. The molecule has 0 bridgehead atoms. The van der Waals surface area contributed by atoms with Gasteiger partial charge in [-0.25, -0.2) is 0 Å². The van der Waals surface area contributed by atoms with Crippen molar-refractivity contribution in [3.63, 3.8) is 0 Å². The summed E-state index contributed by atoms with van der Waals surface area (Å²) in [6.07, 6.45) is 5.88. The van der Waals surface area contributed by atoms with Crippen molar-refractivity contribution in [2.75, 3.05) is 13.1 Å². The van der Waals surface area contributed by atoms with Crippen molar-refractivity contribution in [3.05, 3.63) is 59.6 Å². The smallest absolute Gasteiger partial charge is 0.255 e. The molecule has 7 heteroatoms. The number of ether oxygens (including phenoxy) is 1. The first-order valence-electron chi connectivity index (χ1n) is 8.84. The SMILES string of the molecule is Cc1c(C(=O)N2CC(C#N)C2)c[nH]c1/C(=C\C=N)Oc1cccc2ccoc12. The molecule has 1 aliphatic rings. The predicted octanol–water partition coefficient (Wildman–Crippen LogP) is 3.73. The zero-order chi connectivity index (χ0) is 19.7. The molecule has 2 N–H and O–H groups in total. The van der Waals surface area contributed by atoms with E-state index in [4.69, 9.17) is 19.8 Å². The molecule has 1 saturated heterocycles. The maximum absolute atomic E-state index is 12.7. The first kappa shape index (κ1) is 17.6. The Hall–Kier alpha value is -3.79. The van der Waals surface area contributed by atoms with E-state index in [9.17, 15) is 4.79 Å². The molecule has 0 saturated carbocycles. The summed E-state index contributed by atoms with van der Waals surface area (Å²) in [5, 5.41) is 17.3. The average molecular weight is 374 g/mol. The monoisotopic (exact) mass is 374 g/mol. The van der Waals surface area contributed by atoms with Crippen LogP contribution in [0.4, 0.5) is 0 Å². The molecular formula is C21H18N4O3. The molecular weight excluding hydrogens is 356 g/mol.